The molecule has 0 spiro atoms. The van der Waals surface area contributed by atoms with Gasteiger partial charge in [0.1, 0.15) is 17.2 Å². The third kappa shape index (κ3) is 3.82. The Bertz CT molecular complexity index is 1420. The van der Waals surface area contributed by atoms with E-state index >= 15 is 0 Å². The highest BCUT2D eigenvalue weighted by Gasteiger charge is 2.36. The molecule has 0 saturated carbocycles. The number of benzene rings is 2. The van der Waals surface area contributed by atoms with E-state index in [9.17, 15) is 14.7 Å². The average Bonchev–Trinajstić information content (AvgIpc) is 3.17. The summed E-state index contributed by atoms with van der Waals surface area (Å²) in [6, 6.07) is 16.1. The number of phenolic OH excluding ortho intramolecular Hbond substituents is 1. The van der Waals surface area contributed by atoms with E-state index in [1.165, 1.54) is 0 Å². The molecule has 6 rings (SSSR count). The number of carbonyl (C=O) groups is 1. The molecule has 7 heteroatoms. The maximum Gasteiger partial charge on any atom is 0.250 e. The number of methoxy groups -OCH3 is 1. The molecule has 0 radical (unpaired) electrons. The maximum atomic E-state index is 13.1. The van der Waals surface area contributed by atoms with Gasteiger partial charge < -0.3 is 19.1 Å². The van der Waals surface area contributed by atoms with Crippen LogP contribution in [0.15, 0.2) is 65.2 Å². The first-order valence-electron chi connectivity index (χ1n) is 11.9. The fourth-order valence-electron chi connectivity index (χ4n) is 5.68. The minimum absolute atomic E-state index is 0.0615. The van der Waals surface area contributed by atoms with Crippen molar-refractivity contribution in [1.82, 2.24) is 9.47 Å². The van der Waals surface area contributed by atoms with Crippen LogP contribution in [0.5, 0.6) is 17.2 Å². The minimum atomic E-state index is -0.201. The Morgan fingerprint density at radius 2 is 1.94 bits per heavy atom. The second kappa shape index (κ2) is 8.43. The number of phenols is 1. The smallest absolute Gasteiger partial charge is 0.250 e. The van der Waals surface area contributed by atoms with Gasteiger partial charge in [-0.15, -0.1) is 0 Å². The molecule has 1 saturated heterocycles. The Labute approximate surface area is 202 Å². The van der Waals surface area contributed by atoms with Gasteiger partial charge >= 0.3 is 0 Å². The number of aromatic hydroxyl groups is 1. The Balaban J connectivity index is 1.28. The minimum Gasteiger partial charge on any atom is -0.507 e. The SMILES string of the molecule is COc1cccc(C=C2Oc3c(ccc(O)c3CN3CC4CC(C3)c3cccc(=O)n3C4)C2=O)c1. The quantitative estimate of drug-likeness (QED) is 0.585. The lowest BCUT2D eigenvalue weighted by atomic mass is 9.83. The Morgan fingerprint density at radius 1 is 1.09 bits per heavy atom. The Morgan fingerprint density at radius 3 is 2.80 bits per heavy atom. The highest BCUT2D eigenvalue weighted by molar-refractivity contribution is 6.15. The van der Waals surface area contributed by atoms with Gasteiger partial charge in [0.25, 0.3) is 5.56 Å². The van der Waals surface area contributed by atoms with E-state index in [4.69, 9.17) is 9.47 Å². The van der Waals surface area contributed by atoms with Crippen molar-refractivity contribution in [2.24, 2.45) is 5.92 Å². The fraction of sp³-hybridized carbons (Fsp3) is 0.286. The number of likely N-dealkylation sites (tertiary alicyclic amines) is 1. The molecule has 3 aliphatic heterocycles. The predicted octanol–water partition coefficient (Wildman–Crippen LogP) is 3.80. The summed E-state index contributed by atoms with van der Waals surface area (Å²) < 4.78 is 13.2. The number of ketones is 1. The van der Waals surface area contributed by atoms with Crippen LogP contribution >= 0.6 is 0 Å². The van der Waals surface area contributed by atoms with Gasteiger partial charge in [-0.1, -0.05) is 18.2 Å². The van der Waals surface area contributed by atoms with Crippen molar-refractivity contribution < 1.29 is 19.4 Å². The zero-order chi connectivity index (χ0) is 24.1. The average molecular weight is 471 g/mol. The summed E-state index contributed by atoms with van der Waals surface area (Å²) >= 11 is 0. The largest absolute Gasteiger partial charge is 0.507 e. The molecule has 1 N–H and O–H groups in total. The summed E-state index contributed by atoms with van der Waals surface area (Å²) in [7, 11) is 1.60. The predicted molar refractivity (Wildman–Crippen MR) is 131 cm³/mol. The van der Waals surface area contributed by atoms with E-state index in [0.717, 1.165) is 30.8 Å². The van der Waals surface area contributed by atoms with E-state index < -0.39 is 0 Å². The number of fused-ring (bicyclic) bond motifs is 5. The van der Waals surface area contributed by atoms with Crippen LogP contribution in [0.3, 0.4) is 0 Å². The lowest BCUT2D eigenvalue weighted by Gasteiger charge is -2.42. The van der Waals surface area contributed by atoms with Crippen LogP contribution in [-0.2, 0) is 13.1 Å². The Hall–Kier alpha value is -3.84. The van der Waals surface area contributed by atoms with Gasteiger partial charge in [-0.25, -0.2) is 0 Å². The molecule has 178 valence electrons. The molecule has 1 fully saturated rings. The number of allylic oxidation sites excluding steroid dienone is 1. The summed E-state index contributed by atoms with van der Waals surface area (Å²) in [5.41, 5.74) is 3.02. The monoisotopic (exact) mass is 470 g/mol. The summed E-state index contributed by atoms with van der Waals surface area (Å²) in [5, 5.41) is 10.7. The number of ether oxygens (including phenoxy) is 2. The molecule has 2 bridgehead atoms. The zero-order valence-corrected chi connectivity index (χ0v) is 19.4. The van der Waals surface area contributed by atoms with Crippen molar-refractivity contribution in [1.29, 1.82) is 0 Å². The molecule has 0 amide bonds. The molecule has 1 aromatic heterocycles. The van der Waals surface area contributed by atoms with Crippen molar-refractivity contribution in [2.75, 3.05) is 20.2 Å². The summed E-state index contributed by atoms with van der Waals surface area (Å²) in [4.78, 5) is 27.7. The first kappa shape index (κ1) is 21.7. The van der Waals surface area contributed by atoms with Gasteiger partial charge in [0, 0.05) is 43.9 Å². The highest BCUT2D eigenvalue weighted by atomic mass is 16.5. The lowest BCUT2D eigenvalue weighted by molar-refractivity contribution is 0.101. The number of hydrogen-bond acceptors (Lipinski definition) is 6. The van der Waals surface area contributed by atoms with Crippen molar-refractivity contribution in [3.8, 4) is 17.2 Å². The normalized spacial score (nSPS) is 22.0. The Kier molecular flexibility index (Phi) is 5.22. The van der Waals surface area contributed by atoms with Gasteiger partial charge in [0.15, 0.2) is 5.76 Å². The summed E-state index contributed by atoms with van der Waals surface area (Å²) in [6.45, 7) is 2.78. The lowest BCUT2D eigenvalue weighted by Crippen LogP contribution is -2.46. The van der Waals surface area contributed by atoms with Crippen LogP contribution in [0.25, 0.3) is 6.08 Å². The van der Waals surface area contributed by atoms with Gasteiger partial charge in [-0.2, -0.15) is 0 Å². The van der Waals surface area contributed by atoms with Crippen LogP contribution < -0.4 is 15.0 Å². The number of hydrogen-bond donors (Lipinski definition) is 1. The van der Waals surface area contributed by atoms with Crippen LogP contribution in [0, 0.1) is 5.92 Å². The van der Waals surface area contributed by atoms with Gasteiger partial charge in [0.05, 0.1) is 18.2 Å². The molecule has 3 aliphatic rings. The van der Waals surface area contributed by atoms with Gasteiger partial charge in [0.2, 0.25) is 5.78 Å². The second-order valence-corrected chi connectivity index (χ2v) is 9.55. The van der Waals surface area contributed by atoms with Gasteiger partial charge in [-0.3, -0.25) is 14.5 Å². The number of rotatable bonds is 4. The number of Topliss-reactive ketones (excluding diaryl/α,β-unsaturated/α-hetero) is 1. The summed E-state index contributed by atoms with van der Waals surface area (Å²) in [6.07, 6.45) is 2.76. The molecule has 3 aromatic rings. The standard InChI is InChI=1S/C28H26N2O5/c1-34-20-5-2-4-17(11-20)12-25-27(33)21-8-9-24(31)22(28(21)35-25)16-29-13-18-10-19(15-29)23-6-3-7-26(32)30(23)14-18/h2-9,11-12,18-19,31H,10,13-16H2,1H3. The van der Waals surface area contributed by atoms with Crippen LogP contribution in [-0.4, -0.2) is 40.6 Å². The topological polar surface area (TPSA) is 81.0 Å². The van der Waals surface area contributed by atoms with E-state index in [1.807, 2.05) is 41.0 Å². The molecule has 35 heavy (non-hydrogen) atoms. The molecular weight excluding hydrogens is 444 g/mol. The third-order valence-electron chi connectivity index (χ3n) is 7.24. The number of aromatic nitrogens is 1. The van der Waals surface area contributed by atoms with Crippen LogP contribution in [0.4, 0.5) is 0 Å². The van der Waals surface area contributed by atoms with Crippen LogP contribution in [0.2, 0.25) is 0 Å². The molecule has 2 aromatic carbocycles. The fourth-order valence-corrected chi connectivity index (χ4v) is 5.68. The zero-order valence-electron chi connectivity index (χ0n) is 19.4. The molecule has 0 aliphatic carbocycles. The van der Waals surface area contributed by atoms with Gasteiger partial charge in [-0.05, 0) is 54.3 Å². The van der Waals surface area contributed by atoms with Crippen molar-refractivity contribution >= 4 is 11.9 Å². The van der Waals surface area contributed by atoms with E-state index in [-0.39, 0.29) is 28.8 Å². The number of nitrogens with zero attached hydrogens (tertiary/aromatic N) is 2. The first-order chi connectivity index (χ1) is 17.0. The van der Waals surface area contributed by atoms with Crippen LogP contribution in [0.1, 0.15) is 39.5 Å². The number of carbonyl (C=O) groups excluding carboxylic acids is 1. The third-order valence-corrected chi connectivity index (χ3v) is 7.24. The van der Waals surface area contributed by atoms with Crippen molar-refractivity contribution in [3.05, 3.63) is 93.1 Å². The van der Waals surface area contributed by atoms with E-state index in [0.29, 0.717) is 41.6 Å². The maximum absolute atomic E-state index is 13.1. The van der Waals surface area contributed by atoms with Crippen molar-refractivity contribution in [2.45, 2.75) is 25.4 Å². The van der Waals surface area contributed by atoms with E-state index in [2.05, 4.69) is 4.90 Å². The molecule has 2 atom stereocenters. The van der Waals surface area contributed by atoms with Crippen molar-refractivity contribution in [3.63, 3.8) is 0 Å². The van der Waals surface area contributed by atoms with E-state index in [1.54, 1.807) is 31.4 Å². The second-order valence-electron chi connectivity index (χ2n) is 9.55. The highest BCUT2D eigenvalue weighted by Crippen LogP contribution is 2.42. The molecule has 4 heterocycles. The first-order valence-corrected chi connectivity index (χ1v) is 11.9. The number of piperidine rings is 1. The molecule has 7 nitrogen and oxygen atoms in total. The molecular formula is C28H26N2O5. The molecule has 2 unspecified atom stereocenters. The number of pyridine rings is 1. The summed E-state index contributed by atoms with van der Waals surface area (Å²) in [5.74, 6) is 1.90.